The third kappa shape index (κ3) is 3.64. The molecule has 0 saturated heterocycles. The van der Waals surface area contributed by atoms with Crippen LogP contribution >= 0.6 is 0 Å². The van der Waals surface area contributed by atoms with Gasteiger partial charge < -0.3 is 14.5 Å². The van der Waals surface area contributed by atoms with Crippen molar-refractivity contribution in [2.24, 2.45) is 0 Å². The molecule has 2 aromatic heterocycles. The molecule has 0 radical (unpaired) electrons. The molecule has 126 valence electrons. The van der Waals surface area contributed by atoms with Crippen LogP contribution in [-0.4, -0.2) is 22.1 Å². The Labute approximate surface area is 146 Å². The predicted octanol–water partition coefficient (Wildman–Crippen LogP) is 3.48. The lowest BCUT2D eigenvalue weighted by Crippen LogP contribution is -2.24. The Hall–Kier alpha value is -3.26. The average molecular weight is 333 g/mol. The molecule has 1 amide bonds. The molecule has 0 saturated carbocycles. The van der Waals surface area contributed by atoms with E-state index in [-0.39, 0.29) is 13.2 Å². The van der Waals surface area contributed by atoms with Crippen molar-refractivity contribution >= 4 is 11.7 Å². The number of hydrogen-bond donors (Lipinski definition) is 1. The van der Waals surface area contributed by atoms with E-state index in [0.717, 1.165) is 28.2 Å². The number of terminal acetylenes is 1. The SMILES string of the molecule is C#CCOC(=O)NCc1c(-c2ccc(C)cc2)nc2ccc(C)cn12. The minimum Gasteiger partial charge on any atom is -0.436 e. The van der Waals surface area contributed by atoms with Crippen LogP contribution in [0.25, 0.3) is 16.9 Å². The highest BCUT2D eigenvalue weighted by atomic mass is 16.5. The molecule has 2 heterocycles. The van der Waals surface area contributed by atoms with E-state index in [0.29, 0.717) is 0 Å². The van der Waals surface area contributed by atoms with Crippen molar-refractivity contribution in [3.05, 3.63) is 59.4 Å². The Morgan fingerprint density at radius 1 is 1.20 bits per heavy atom. The summed E-state index contributed by atoms with van der Waals surface area (Å²) in [7, 11) is 0. The van der Waals surface area contributed by atoms with Crippen molar-refractivity contribution in [3.63, 3.8) is 0 Å². The number of nitrogens with zero attached hydrogens (tertiary/aromatic N) is 2. The van der Waals surface area contributed by atoms with Crippen LogP contribution in [0.2, 0.25) is 0 Å². The molecule has 0 unspecified atom stereocenters. The first-order valence-corrected chi connectivity index (χ1v) is 7.97. The highest BCUT2D eigenvalue weighted by molar-refractivity contribution is 5.70. The van der Waals surface area contributed by atoms with Gasteiger partial charge in [0.05, 0.1) is 17.9 Å². The van der Waals surface area contributed by atoms with Gasteiger partial charge in [-0.15, -0.1) is 6.42 Å². The first kappa shape index (κ1) is 16.6. The van der Waals surface area contributed by atoms with Crippen molar-refractivity contribution < 1.29 is 9.53 Å². The summed E-state index contributed by atoms with van der Waals surface area (Å²) in [5, 5.41) is 2.74. The normalized spacial score (nSPS) is 10.4. The molecule has 0 spiro atoms. The van der Waals surface area contributed by atoms with Gasteiger partial charge in [0, 0.05) is 11.8 Å². The predicted molar refractivity (Wildman–Crippen MR) is 97.1 cm³/mol. The number of hydrogen-bond acceptors (Lipinski definition) is 3. The van der Waals surface area contributed by atoms with Gasteiger partial charge in [-0.25, -0.2) is 9.78 Å². The van der Waals surface area contributed by atoms with Gasteiger partial charge in [-0.3, -0.25) is 0 Å². The number of carbonyl (C=O) groups is 1. The van der Waals surface area contributed by atoms with Gasteiger partial charge in [0.15, 0.2) is 6.61 Å². The highest BCUT2D eigenvalue weighted by Crippen LogP contribution is 2.25. The lowest BCUT2D eigenvalue weighted by molar-refractivity contribution is 0.159. The summed E-state index contributed by atoms with van der Waals surface area (Å²) >= 11 is 0. The van der Waals surface area contributed by atoms with Crippen molar-refractivity contribution in [2.45, 2.75) is 20.4 Å². The molecule has 0 fully saturated rings. The lowest BCUT2D eigenvalue weighted by atomic mass is 10.1. The Morgan fingerprint density at radius 3 is 2.64 bits per heavy atom. The number of fused-ring (bicyclic) bond motifs is 1. The molecule has 3 rings (SSSR count). The molecule has 0 aliphatic rings. The van der Waals surface area contributed by atoms with Crippen molar-refractivity contribution in [1.29, 1.82) is 0 Å². The summed E-state index contributed by atoms with van der Waals surface area (Å²) in [6.45, 7) is 4.30. The van der Waals surface area contributed by atoms with Crippen LogP contribution in [0.15, 0.2) is 42.6 Å². The van der Waals surface area contributed by atoms with E-state index in [4.69, 9.17) is 16.1 Å². The van der Waals surface area contributed by atoms with Gasteiger partial charge in [0.2, 0.25) is 0 Å². The largest absolute Gasteiger partial charge is 0.436 e. The second-order valence-corrected chi connectivity index (χ2v) is 5.84. The minimum atomic E-state index is -0.546. The average Bonchev–Trinajstić information content (AvgIpc) is 2.96. The van der Waals surface area contributed by atoms with Crippen molar-refractivity contribution in [1.82, 2.24) is 14.7 Å². The van der Waals surface area contributed by atoms with Crippen molar-refractivity contribution in [3.8, 4) is 23.6 Å². The maximum atomic E-state index is 11.7. The fourth-order valence-electron chi connectivity index (χ4n) is 2.63. The number of aromatic nitrogens is 2. The molecule has 25 heavy (non-hydrogen) atoms. The Kier molecular flexibility index (Phi) is 4.71. The van der Waals surface area contributed by atoms with Crippen LogP contribution in [0.5, 0.6) is 0 Å². The fraction of sp³-hybridized carbons (Fsp3) is 0.200. The fourth-order valence-corrected chi connectivity index (χ4v) is 2.63. The number of alkyl carbamates (subject to hydrolysis) is 1. The Balaban J connectivity index is 1.99. The van der Waals surface area contributed by atoms with Crippen LogP contribution in [-0.2, 0) is 11.3 Å². The van der Waals surface area contributed by atoms with Gasteiger partial charge in [0.25, 0.3) is 0 Å². The summed E-state index contributed by atoms with van der Waals surface area (Å²) in [5.74, 6) is 2.27. The number of benzene rings is 1. The van der Waals surface area contributed by atoms with Crippen molar-refractivity contribution in [2.75, 3.05) is 6.61 Å². The maximum Gasteiger partial charge on any atom is 0.408 e. The molecule has 1 N–H and O–H groups in total. The second kappa shape index (κ2) is 7.10. The van der Waals surface area contributed by atoms with Crippen LogP contribution in [0.1, 0.15) is 16.8 Å². The van der Waals surface area contributed by atoms with Crippen LogP contribution in [0, 0.1) is 26.2 Å². The molecular formula is C20H19N3O2. The minimum absolute atomic E-state index is 0.0527. The smallest absolute Gasteiger partial charge is 0.408 e. The van der Waals surface area contributed by atoms with Crippen LogP contribution in [0.4, 0.5) is 4.79 Å². The molecule has 3 aromatic rings. The second-order valence-electron chi connectivity index (χ2n) is 5.84. The first-order chi connectivity index (χ1) is 12.1. The van der Waals surface area contributed by atoms with Gasteiger partial charge in [0.1, 0.15) is 5.65 Å². The first-order valence-electron chi connectivity index (χ1n) is 7.97. The van der Waals surface area contributed by atoms with E-state index in [1.165, 1.54) is 5.56 Å². The number of aryl methyl sites for hydroxylation is 2. The Bertz CT molecular complexity index is 949. The van der Waals surface area contributed by atoms with Gasteiger partial charge in [-0.1, -0.05) is 41.8 Å². The van der Waals surface area contributed by atoms with Gasteiger partial charge in [-0.2, -0.15) is 0 Å². The standard InChI is InChI=1S/C20H19N3O2/c1-4-11-25-20(24)21-12-17-19(16-8-5-14(2)6-9-16)22-18-10-7-15(3)13-23(17)18/h1,5-10,13H,11-12H2,2-3H3,(H,21,24). The van der Waals surface area contributed by atoms with Crippen LogP contribution in [0.3, 0.4) is 0 Å². The molecule has 5 heteroatoms. The number of imidazole rings is 1. The zero-order valence-corrected chi connectivity index (χ0v) is 14.2. The van der Waals surface area contributed by atoms with E-state index in [9.17, 15) is 4.79 Å². The number of rotatable bonds is 4. The molecule has 0 atom stereocenters. The summed E-state index contributed by atoms with van der Waals surface area (Å²) in [5.41, 5.74) is 5.84. The summed E-state index contributed by atoms with van der Waals surface area (Å²) in [4.78, 5) is 16.5. The maximum absolute atomic E-state index is 11.7. The van der Waals surface area contributed by atoms with Crippen LogP contribution < -0.4 is 5.32 Å². The third-order valence-corrected chi connectivity index (χ3v) is 3.88. The Morgan fingerprint density at radius 2 is 1.92 bits per heavy atom. The zero-order valence-electron chi connectivity index (χ0n) is 14.2. The van der Waals surface area contributed by atoms with E-state index in [1.54, 1.807) is 0 Å². The number of nitrogens with one attached hydrogen (secondary N) is 1. The number of ether oxygens (including phenoxy) is 1. The molecule has 0 aliphatic carbocycles. The van der Waals surface area contributed by atoms with E-state index in [2.05, 4.69) is 11.2 Å². The monoisotopic (exact) mass is 333 g/mol. The number of amides is 1. The summed E-state index contributed by atoms with van der Waals surface area (Å²) in [6, 6.07) is 12.1. The molecular weight excluding hydrogens is 314 g/mol. The third-order valence-electron chi connectivity index (χ3n) is 3.88. The van der Waals surface area contributed by atoms with E-state index < -0.39 is 6.09 Å². The lowest BCUT2D eigenvalue weighted by Gasteiger charge is -2.08. The topological polar surface area (TPSA) is 55.6 Å². The van der Waals surface area contributed by atoms with Gasteiger partial charge >= 0.3 is 6.09 Å². The highest BCUT2D eigenvalue weighted by Gasteiger charge is 2.15. The number of pyridine rings is 1. The molecule has 0 aliphatic heterocycles. The quantitative estimate of drug-likeness (QED) is 0.744. The molecule has 5 nitrogen and oxygen atoms in total. The zero-order chi connectivity index (χ0) is 17.8. The molecule has 1 aromatic carbocycles. The van der Waals surface area contributed by atoms with Gasteiger partial charge in [-0.05, 0) is 25.5 Å². The van der Waals surface area contributed by atoms with E-state index >= 15 is 0 Å². The number of carbonyl (C=O) groups excluding carboxylic acids is 1. The summed E-state index contributed by atoms with van der Waals surface area (Å²) < 4.78 is 6.86. The summed E-state index contributed by atoms with van der Waals surface area (Å²) in [6.07, 6.45) is 6.56. The molecule has 0 bridgehead atoms. The van der Waals surface area contributed by atoms with E-state index in [1.807, 2.05) is 60.8 Å².